The summed E-state index contributed by atoms with van der Waals surface area (Å²) >= 11 is 1.03. The third-order valence-corrected chi connectivity index (χ3v) is 5.59. The Bertz CT molecular complexity index is 803. The second-order valence-electron chi connectivity index (χ2n) is 6.43. The van der Waals surface area contributed by atoms with Gasteiger partial charge in [0, 0.05) is 16.9 Å². The van der Waals surface area contributed by atoms with E-state index in [9.17, 15) is 18.0 Å². The molecule has 0 aliphatic carbocycles. The van der Waals surface area contributed by atoms with E-state index < -0.39 is 18.1 Å². The van der Waals surface area contributed by atoms with Crippen molar-refractivity contribution in [2.45, 2.75) is 43.2 Å². The fraction of sp³-hybridized carbons (Fsp3) is 0.350. The zero-order valence-electron chi connectivity index (χ0n) is 14.9. The van der Waals surface area contributed by atoms with Crippen LogP contribution in [0.2, 0.25) is 0 Å². The Kier molecular flexibility index (Phi) is 5.65. The predicted molar refractivity (Wildman–Crippen MR) is 96.4 cm³/mol. The largest absolute Gasteiger partial charge is 0.448 e. The fourth-order valence-electron chi connectivity index (χ4n) is 3.04. The number of carbonyl (C=O) groups is 1. The molecule has 0 radical (unpaired) electrons. The van der Waals surface area contributed by atoms with Crippen LogP contribution in [0.3, 0.4) is 0 Å². The zero-order chi connectivity index (χ0) is 19.7. The monoisotopic (exact) mass is 396 g/mol. The quantitative estimate of drug-likeness (QED) is 0.670. The molecule has 1 aliphatic heterocycles. The normalized spacial score (nSPS) is 22.8. The summed E-state index contributed by atoms with van der Waals surface area (Å²) in [6.07, 6.45) is -5.88. The topological polar surface area (TPSA) is 35.5 Å². The number of aryl methyl sites for hydroxylation is 2. The molecule has 2 aromatic rings. The molecule has 1 aliphatic rings. The van der Waals surface area contributed by atoms with Crippen LogP contribution in [-0.4, -0.2) is 24.0 Å². The minimum atomic E-state index is -4.76. The maximum absolute atomic E-state index is 13.7. The van der Waals surface area contributed by atoms with Gasteiger partial charge in [0.15, 0.2) is 5.12 Å². The number of ether oxygens (including phenoxy) is 2. The number of hydrogen-bond donors (Lipinski definition) is 0. The summed E-state index contributed by atoms with van der Waals surface area (Å²) in [6, 6.07) is 12.9. The Labute approximate surface area is 159 Å². The molecule has 3 nitrogen and oxygen atoms in total. The molecule has 144 valence electrons. The first-order valence-corrected chi connectivity index (χ1v) is 9.25. The highest BCUT2D eigenvalue weighted by Crippen LogP contribution is 2.48. The van der Waals surface area contributed by atoms with E-state index in [1.807, 2.05) is 32.0 Å². The number of thioether (sulfide) groups is 1. The SMILES string of the molecule is Cc1cccc(C)c1SC(=O)C[C@H]1CO[C@](c2ccccc2)(C(F)(F)F)O1. The highest BCUT2D eigenvalue weighted by molar-refractivity contribution is 8.13. The number of alkyl halides is 3. The molecule has 1 saturated heterocycles. The Hall–Kier alpha value is -1.83. The Morgan fingerprint density at radius 2 is 1.74 bits per heavy atom. The molecule has 1 heterocycles. The van der Waals surface area contributed by atoms with Gasteiger partial charge in [0.25, 0.3) is 5.79 Å². The van der Waals surface area contributed by atoms with Crippen LogP contribution in [-0.2, 0) is 20.1 Å². The van der Waals surface area contributed by atoms with Crippen molar-refractivity contribution in [3.05, 3.63) is 65.2 Å². The number of halogens is 3. The van der Waals surface area contributed by atoms with E-state index in [2.05, 4.69) is 0 Å². The fourth-order valence-corrected chi connectivity index (χ4v) is 3.99. The van der Waals surface area contributed by atoms with Crippen molar-refractivity contribution in [1.29, 1.82) is 0 Å². The first kappa shape index (κ1) is 19.9. The van der Waals surface area contributed by atoms with Crippen LogP contribution in [0.1, 0.15) is 23.1 Å². The average molecular weight is 396 g/mol. The lowest BCUT2D eigenvalue weighted by Gasteiger charge is -2.30. The van der Waals surface area contributed by atoms with Gasteiger partial charge >= 0.3 is 6.18 Å². The van der Waals surface area contributed by atoms with Gasteiger partial charge in [-0.3, -0.25) is 4.79 Å². The van der Waals surface area contributed by atoms with E-state index in [0.717, 1.165) is 27.8 Å². The molecule has 27 heavy (non-hydrogen) atoms. The molecule has 3 rings (SSSR count). The van der Waals surface area contributed by atoms with Crippen molar-refractivity contribution in [2.24, 2.45) is 0 Å². The summed E-state index contributed by atoms with van der Waals surface area (Å²) in [4.78, 5) is 13.2. The summed E-state index contributed by atoms with van der Waals surface area (Å²) in [6.45, 7) is 3.48. The van der Waals surface area contributed by atoms with E-state index in [1.54, 1.807) is 6.07 Å². The lowest BCUT2D eigenvalue weighted by molar-refractivity contribution is -0.357. The van der Waals surface area contributed by atoms with Crippen LogP contribution in [0.15, 0.2) is 53.4 Å². The Morgan fingerprint density at radius 3 is 2.33 bits per heavy atom. The lowest BCUT2D eigenvalue weighted by Crippen LogP contribution is -2.44. The number of benzene rings is 2. The van der Waals surface area contributed by atoms with Crippen LogP contribution >= 0.6 is 11.8 Å². The van der Waals surface area contributed by atoms with Gasteiger partial charge in [-0.25, -0.2) is 0 Å². The lowest BCUT2D eigenvalue weighted by atomic mass is 10.1. The molecule has 1 fully saturated rings. The average Bonchev–Trinajstić information content (AvgIpc) is 3.04. The first-order chi connectivity index (χ1) is 12.7. The van der Waals surface area contributed by atoms with Gasteiger partial charge in [0.2, 0.25) is 0 Å². The Balaban J connectivity index is 1.74. The summed E-state index contributed by atoms with van der Waals surface area (Å²) < 4.78 is 51.6. The molecule has 0 amide bonds. The van der Waals surface area contributed by atoms with E-state index in [0.29, 0.717) is 0 Å². The second kappa shape index (κ2) is 7.66. The molecule has 2 atom stereocenters. The summed E-state index contributed by atoms with van der Waals surface area (Å²) in [5.74, 6) is -2.83. The number of rotatable bonds is 4. The van der Waals surface area contributed by atoms with Gasteiger partial charge in [-0.1, -0.05) is 60.3 Å². The van der Waals surface area contributed by atoms with E-state index in [1.165, 1.54) is 24.3 Å². The van der Waals surface area contributed by atoms with Gasteiger partial charge in [-0.05, 0) is 25.0 Å². The molecule has 0 saturated carbocycles. The third-order valence-electron chi connectivity index (χ3n) is 4.35. The standard InChI is InChI=1S/C20H19F3O3S/c1-13-7-6-8-14(2)18(13)27-17(24)11-16-12-25-19(26-16,20(21,22)23)15-9-4-3-5-10-15/h3-10,16H,11-12H2,1-2H3/t16-,19-/m0/s1. The highest BCUT2D eigenvalue weighted by atomic mass is 32.2. The smallest absolute Gasteiger partial charge is 0.336 e. The van der Waals surface area contributed by atoms with Gasteiger partial charge in [-0.2, -0.15) is 13.2 Å². The van der Waals surface area contributed by atoms with Gasteiger partial charge in [-0.15, -0.1) is 0 Å². The van der Waals surface area contributed by atoms with Crippen molar-refractivity contribution in [1.82, 2.24) is 0 Å². The van der Waals surface area contributed by atoms with Gasteiger partial charge in [0.1, 0.15) is 0 Å². The molecular formula is C20H19F3O3S. The third kappa shape index (κ3) is 4.05. The van der Waals surface area contributed by atoms with E-state index in [4.69, 9.17) is 9.47 Å². The first-order valence-electron chi connectivity index (χ1n) is 8.44. The molecular weight excluding hydrogens is 377 g/mol. The summed E-state index contributed by atoms with van der Waals surface area (Å²) in [5.41, 5.74) is 1.77. The number of carbonyl (C=O) groups excluding carboxylic acids is 1. The second-order valence-corrected chi connectivity index (χ2v) is 7.50. The summed E-state index contributed by atoms with van der Waals surface area (Å²) in [5, 5.41) is -0.257. The molecule has 2 aromatic carbocycles. The van der Waals surface area contributed by atoms with Crippen LogP contribution < -0.4 is 0 Å². The van der Waals surface area contributed by atoms with Crippen molar-refractivity contribution in [3.63, 3.8) is 0 Å². The zero-order valence-corrected chi connectivity index (χ0v) is 15.7. The summed E-state index contributed by atoms with van der Waals surface area (Å²) in [7, 11) is 0. The maximum atomic E-state index is 13.7. The molecule has 0 N–H and O–H groups in total. The minimum absolute atomic E-state index is 0.130. The molecule has 0 unspecified atom stereocenters. The van der Waals surface area contributed by atoms with Crippen LogP contribution in [0.25, 0.3) is 0 Å². The van der Waals surface area contributed by atoms with Crippen LogP contribution in [0, 0.1) is 13.8 Å². The van der Waals surface area contributed by atoms with Crippen LogP contribution in [0.5, 0.6) is 0 Å². The molecule has 0 bridgehead atoms. The van der Waals surface area contributed by atoms with Gasteiger partial charge in [0.05, 0.1) is 12.7 Å². The van der Waals surface area contributed by atoms with Crippen molar-refractivity contribution >= 4 is 16.9 Å². The molecule has 7 heteroatoms. The Morgan fingerprint density at radius 1 is 1.11 bits per heavy atom. The molecule has 0 aromatic heterocycles. The molecule has 0 spiro atoms. The van der Waals surface area contributed by atoms with Gasteiger partial charge < -0.3 is 9.47 Å². The maximum Gasteiger partial charge on any atom is 0.448 e. The van der Waals surface area contributed by atoms with E-state index >= 15 is 0 Å². The highest BCUT2D eigenvalue weighted by Gasteiger charge is 2.63. The van der Waals surface area contributed by atoms with Crippen molar-refractivity contribution < 1.29 is 27.4 Å². The minimum Gasteiger partial charge on any atom is -0.336 e. The van der Waals surface area contributed by atoms with Crippen LogP contribution in [0.4, 0.5) is 13.2 Å². The number of hydrogen-bond acceptors (Lipinski definition) is 4. The van der Waals surface area contributed by atoms with Crippen molar-refractivity contribution in [3.8, 4) is 0 Å². The van der Waals surface area contributed by atoms with Crippen molar-refractivity contribution in [2.75, 3.05) is 6.61 Å². The van der Waals surface area contributed by atoms with E-state index in [-0.39, 0.29) is 23.7 Å². The predicted octanol–water partition coefficient (Wildman–Crippen LogP) is 5.14.